The molecule has 0 spiro atoms. The number of benzene rings is 2. The zero-order valence-electron chi connectivity index (χ0n) is 18.8. The van der Waals surface area contributed by atoms with Crippen LogP contribution in [0.1, 0.15) is 60.8 Å². The Kier molecular flexibility index (Phi) is 6.44. The maximum Gasteiger partial charge on any atom is 0.145 e. The summed E-state index contributed by atoms with van der Waals surface area (Å²) in [6.45, 7) is 0.379. The van der Waals surface area contributed by atoms with Crippen molar-refractivity contribution >= 4 is 60.7 Å². The SMILES string of the molecule is O[C@]1(c2nc3cc(Br)ccc3s2)CC[C@@H](OCc2c(-c3c(Cl)cccc3Cl)noc2C2CC2)CC1. The highest BCUT2D eigenvalue weighted by atomic mass is 79.9. The summed E-state index contributed by atoms with van der Waals surface area (Å²) in [6, 6.07) is 11.5. The number of fused-ring (bicyclic) bond motifs is 1. The van der Waals surface area contributed by atoms with Crippen LogP contribution in [0, 0.1) is 0 Å². The smallest absolute Gasteiger partial charge is 0.145 e. The molecule has 0 radical (unpaired) electrons. The van der Waals surface area contributed by atoms with Crippen LogP contribution in [0.5, 0.6) is 0 Å². The van der Waals surface area contributed by atoms with Crippen molar-refractivity contribution in [3.63, 3.8) is 0 Å². The van der Waals surface area contributed by atoms with E-state index >= 15 is 0 Å². The van der Waals surface area contributed by atoms with Crippen molar-refractivity contribution in [1.29, 1.82) is 0 Å². The van der Waals surface area contributed by atoms with Crippen molar-refractivity contribution in [3.05, 3.63) is 67.2 Å². The van der Waals surface area contributed by atoms with Gasteiger partial charge in [-0.2, -0.15) is 0 Å². The molecule has 2 aromatic heterocycles. The van der Waals surface area contributed by atoms with Gasteiger partial charge in [0, 0.05) is 21.5 Å². The minimum Gasteiger partial charge on any atom is -0.383 e. The summed E-state index contributed by atoms with van der Waals surface area (Å²) < 4.78 is 14.2. The Balaban J connectivity index is 1.18. The normalized spacial score (nSPS) is 22.7. The summed E-state index contributed by atoms with van der Waals surface area (Å²) >= 11 is 18.0. The molecule has 35 heavy (non-hydrogen) atoms. The summed E-state index contributed by atoms with van der Waals surface area (Å²) in [6.07, 6.45) is 4.95. The van der Waals surface area contributed by atoms with Crippen LogP contribution >= 0.6 is 50.5 Å². The zero-order valence-corrected chi connectivity index (χ0v) is 22.7. The van der Waals surface area contributed by atoms with Gasteiger partial charge in [-0.25, -0.2) is 4.98 Å². The Morgan fingerprint density at radius 2 is 1.86 bits per heavy atom. The molecule has 2 aliphatic rings. The predicted octanol–water partition coefficient (Wildman–Crippen LogP) is 8.25. The topological polar surface area (TPSA) is 68.4 Å². The second-order valence-electron chi connectivity index (χ2n) is 9.42. The third kappa shape index (κ3) is 4.67. The van der Waals surface area contributed by atoms with E-state index in [1.165, 1.54) is 0 Å². The van der Waals surface area contributed by atoms with Crippen LogP contribution in [0.15, 0.2) is 45.4 Å². The van der Waals surface area contributed by atoms with Crippen LogP contribution in [0.2, 0.25) is 10.0 Å². The van der Waals surface area contributed by atoms with Crippen LogP contribution in [0.3, 0.4) is 0 Å². The maximum absolute atomic E-state index is 11.4. The van der Waals surface area contributed by atoms with E-state index in [1.807, 2.05) is 36.4 Å². The molecule has 0 unspecified atom stereocenters. The number of ether oxygens (including phenoxy) is 1. The quantitative estimate of drug-likeness (QED) is 0.244. The van der Waals surface area contributed by atoms with E-state index in [2.05, 4.69) is 21.1 Å². The Bertz CT molecular complexity index is 1370. The molecule has 6 rings (SSSR count). The first-order chi connectivity index (χ1) is 16.9. The van der Waals surface area contributed by atoms with E-state index in [0.29, 0.717) is 46.7 Å². The fourth-order valence-corrected chi connectivity index (χ4v) is 6.82. The first-order valence-corrected chi connectivity index (χ1v) is 14.1. The predicted molar refractivity (Wildman–Crippen MR) is 142 cm³/mol. The number of aromatic nitrogens is 2. The van der Waals surface area contributed by atoms with E-state index in [0.717, 1.165) is 56.7 Å². The first kappa shape index (κ1) is 23.9. The fourth-order valence-electron chi connectivity index (χ4n) is 4.80. The number of rotatable bonds is 6. The standard InChI is InChI=1S/C26H23BrCl2N2O3S/c27-15-6-7-21-20(12-15)30-25(35-21)26(32)10-8-16(9-11-26)33-13-17-23(31-34-24(17)14-4-5-14)22-18(28)2-1-3-19(22)29/h1-3,6-7,12,14,16,32H,4-5,8-11,13H2/t16-,26-. The average molecular weight is 594 g/mol. The van der Waals surface area contributed by atoms with Crippen molar-refractivity contribution in [2.45, 2.75) is 62.8 Å². The number of aliphatic hydroxyl groups is 1. The molecule has 2 heterocycles. The van der Waals surface area contributed by atoms with Crippen molar-refractivity contribution in [2.75, 3.05) is 0 Å². The molecular weight excluding hydrogens is 571 g/mol. The van der Waals surface area contributed by atoms with Crippen molar-refractivity contribution in [3.8, 4) is 11.3 Å². The van der Waals surface area contributed by atoms with Gasteiger partial charge in [-0.15, -0.1) is 11.3 Å². The van der Waals surface area contributed by atoms with Crippen LogP contribution in [0.25, 0.3) is 21.5 Å². The molecule has 0 atom stereocenters. The zero-order chi connectivity index (χ0) is 24.2. The van der Waals surface area contributed by atoms with Gasteiger partial charge in [-0.05, 0) is 68.9 Å². The number of halogens is 3. The van der Waals surface area contributed by atoms with E-state index in [9.17, 15) is 5.11 Å². The molecule has 0 bridgehead atoms. The summed E-state index contributed by atoms with van der Waals surface area (Å²) in [5, 5.41) is 17.6. The highest BCUT2D eigenvalue weighted by Crippen LogP contribution is 2.47. The lowest BCUT2D eigenvalue weighted by Gasteiger charge is -2.34. The van der Waals surface area contributed by atoms with Gasteiger partial charge in [0.15, 0.2) is 0 Å². The molecule has 1 N–H and O–H groups in total. The third-order valence-corrected chi connectivity index (χ3v) is 9.29. The second-order valence-corrected chi connectivity index (χ2v) is 12.2. The molecule has 0 amide bonds. The summed E-state index contributed by atoms with van der Waals surface area (Å²) in [4.78, 5) is 4.73. The lowest BCUT2D eigenvalue weighted by molar-refractivity contribution is -0.0640. The van der Waals surface area contributed by atoms with Gasteiger partial charge in [-0.1, -0.05) is 50.4 Å². The van der Waals surface area contributed by atoms with E-state index in [1.54, 1.807) is 11.3 Å². The van der Waals surface area contributed by atoms with Crippen molar-refractivity contribution in [1.82, 2.24) is 10.1 Å². The fraction of sp³-hybridized carbons (Fsp3) is 0.385. The Labute approximate surface area is 225 Å². The van der Waals surface area contributed by atoms with Gasteiger partial charge in [0.25, 0.3) is 0 Å². The van der Waals surface area contributed by atoms with Gasteiger partial charge in [-0.3, -0.25) is 0 Å². The molecular formula is C26H23BrCl2N2O3S. The molecule has 0 saturated heterocycles. The largest absolute Gasteiger partial charge is 0.383 e. The summed E-state index contributed by atoms with van der Waals surface area (Å²) in [5.74, 6) is 1.26. The molecule has 2 aromatic carbocycles. The second kappa shape index (κ2) is 9.43. The van der Waals surface area contributed by atoms with E-state index in [4.69, 9.17) is 37.4 Å². The number of hydrogen-bond acceptors (Lipinski definition) is 6. The van der Waals surface area contributed by atoms with Crippen molar-refractivity contribution < 1.29 is 14.4 Å². The molecule has 5 nitrogen and oxygen atoms in total. The van der Waals surface area contributed by atoms with E-state index in [-0.39, 0.29) is 6.10 Å². The minimum absolute atomic E-state index is 0.0373. The van der Waals surface area contributed by atoms with Gasteiger partial charge in [0.1, 0.15) is 22.1 Å². The Hall–Kier alpha value is -1.48. The number of hydrogen-bond donors (Lipinski definition) is 1. The Morgan fingerprint density at radius 1 is 1.11 bits per heavy atom. The molecule has 0 aliphatic heterocycles. The molecule has 4 aromatic rings. The summed E-state index contributed by atoms with van der Waals surface area (Å²) in [5.41, 5.74) is 2.28. The molecule has 2 fully saturated rings. The Morgan fingerprint density at radius 3 is 2.57 bits per heavy atom. The first-order valence-electron chi connectivity index (χ1n) is 11.7. The number of nitrogens with zero attached hydrogens (tertiary/aromatic N) is 2. The number of thiazole rings is 1. The minimum atomic E-state index is -0.914. The molecule has 2 aliphatic carbocycles. The lowest BCUT2D eigenvalue weighted by Crippen LogP contribution is -2.34. The van der Waals surface area contributed by atoms with Crippen LogP contribution in [-0.2, 0) is 16.9 Å². The third-order valence-electron chi connectivity index (χ3n) is 6.94. The van der Waals surface area contributed by atoms with Gasteiger partial charge < -0.3 is 14.4 Å². The lowest BCUT2D eigenvalue weighted by atomic mass is 9.83. The van der Waals surface area contributed by atoms with Gasteiger partial charge >= 0.3 is 0 Å². The van der Waals surface area contributed by atoms with Crippen LogP contribution in [0.4, 0.5) is 0 Å². The van der Waals surface area contributed by atoms with Gasteiger partial charge in [0.05, 0.1) is 33.0 Å². The van der Waals surface area contributed by atoms with Gasteiger partial charge in [0.2, 0.25) is 0 Å². The van der Waals surface area contributed by atoms with Crippen molar-refractivity contribution in [2.24, 2.45) is 0 Å². The summed E-state index contributed by atoms with van der Waals surface area (Å²) in [7, 11) is 0. The average Bonchev–Trinajstić information content (AvgIpc) is 3.45. The monoisotopic (exact) mass is 592 g/mol. The highest BCUT2D eigenvalue weighted by molar-refractivity contribution is 9.10. The van der Waals surface area contributed by atoms with Crippen LogP contribution in [-0.4, -0.2) is 21.4 Å². The maximum atomic E-state index is 11.4. The highest BCUT2D eigenvalue weighted by Gasteiger charge is 2.39. The molecule has 2 saturated carbocycles. The van der Waals surface area contributed by atoms with Crippen LogP contribution < -0.4 is 0 Å². The van der Waals surface area contributed by atoms with E-state index < -0.39 is 5.60 Å². The molecule has 182 valence electrons. The molecule has 9 heteroatoms.